The Bertz CT molecular complexity index is 388. The summed E-state index contributed by atoms with van der Waals surface area (Å²) < 4.78 is 20.9. The molecular formula is C17H25NO4. The topological polar surface area (TPSA) is 49.8 Å². The largest absolute Gasteiger partial charge is 0.499 e. The average molecular weight is 307 g/mol. The molecule has 0 saturated carbocycles. The van der Waals surface area contributed by atoms with Crippen molar-refractivity contribution in [1.82, 2.24) is 4.98 Å². The van der Waals surface area contributed by atoms with E-state index in [-0.39, 0.29) is 0 Å². The van der Waals surface area contributed by atoms with Crippen LogP contribution in [0.2, 0.25) is 0 Å². The molecule has 0 saturated heterocycles. The van der Waals surface area contributed by atoms with Crippen molar-refractivity contribution in [1.29, 1.82) is 0 Å². The first kappa shape index (κ1) is 18.2. The van der Waals surface area contributed by atoms with Gasteiger partial charge in [-0.05, 0) is 24.0 Å². The second-order valence-electron chi connectivity index (χ2n) is 4.50. The summed E-state index contributed by atoms with van der Waals surface area (Å²) in [4.78, 5) is 4.25. The normalized spacial score (nSPS) is 10.2. The van der Waals surface area contributed by atoms with Crippen molar-refractivity contribution >= 4 is 0 Å². The maximum atomic E-state index is 5.47. The minimum atomic E-state index is 0.536. The quantitative estimate of drug-likeness (QED) is 0.390. The van der Waals surface area contributed by atoms with Gasteiger partial charge in [0.2, 0.25) is 0 Å². The maximum Gasteiger partial charge on any atom is 0.111 e. The van der Waals surface area contributed by atoms with Crippen LogP contribution in [-0.4, -0.2) is 44.6 Å². The fraction of sp³-hybridized carbons (Fsp3) is 0.471. The third-order valence-corrected chi connectivity index (χ3v) is 2.85. The molecule has 0 aliphatic heterocycles. The molecule has 1 heterocycles. The van der Waals surface area contributed by atoms with E-state index in [4.69, 9.17) is 18.9 Å². The zero-order chi connectivity index (χ0) is 15.9. The van der Waals surface area contributed by atoms with Crippen LogP contribution in [0.25, 0.3) is 0 Å². The highest BCUT2D eigenvalue weighted by molar-refractivity contribution is 5.18. The predicted octanol–water partition coefficient (Wildman–Crippen LogP) is 2.52. The Kier molecular flexibility index (Phi) is 10.6. The summed E-state index contributed by atoms with van der Waals surface area (Å²) in [5.41, 5.74) is 2.33. The van der Waals surface area contributed by atoms with Crippen molar-refractivity contribution in [3.05, 3.63) is 55.3 Å². The third kappa shape index (κ3) is 9.15. The molecule has 5 heteroatoms. The summed E-state index contributed by atoms with van der Waals surface area (Å²) in [6, 6.07) is 2.14. The maximum absolute atomic E-state index is 5.47. The van der Waals surface area contributed by atoms with Crippen LogP contribution >= 0.6 is 0 Å². The van der Waals surface area contributed by atoms with Gasteiger partial charge in [0.25, 0.3) is 0 Å². The molecule has 1 aromatic heterocycles. The molecule has 122 valence electrons. The number of pyridine rings is 1. The molecule has 0 aliphatic carbocycles. The lowest BCUT2D eigenvalue weighted by Crippen LogP contribution is -2.06. The van der Waals surface area contributed by atoms with Crippen LogP contribution in [0.4, 0.5) is 0 Å². The van der Waals surface area contributed by atoms with E-state index in [0.717, 1.165) is 24.0 Å². The monoisotopic (exact) mass is 307 g/mol. The predicted molar refractivity (Wildman–Crippen MR) is 85.6 cm³/mol. The Morgan fingerprint density at radius 3 is 1.73 bits per heavy atom. The summed E-state index contributed by atoms with van der Waals surface area (Å²) in [5, 5.41) is 0. The molecule has 1 rings (SSSR count). The molecule has 0 N–H and O–H groups in total. The standard InChI is InChI=1S/C17H25NO4/c1-3-19-9-11-21-7-5-16-13-17(15-18-14-16)6-8-22-12-10-20-4-2/h3-4,13-15H,1-2,5-12H2. The van der Waals surface area contributed by atoms with Crippen molar-refractivity contribution in [2.24, 2.45) is 0 Å². The van der Waals surface area contributed by atoms with E-state index in [9.17, 15) is 0 Å². The molecule has 0 spiro atoms. The van der Waals surface area contributed by atoms with E-state index < -0.39 is 0 Å². The van der Waals surface area contributed by atoms with Gasteiger partial charge in [-0.15, -0.1) is 0 Å². The first-order chi connectivity index (χ1) is 10.9. The zero-order valence-corrected chi connectivity index (χ0v) is 13.0. The first-order valence-corrected chi connectivity index (χ1v) is 7.40. The first-order valence-electron chi connectivity index (χ1n) is 7.40. The second kappa shape index (κ2) is 12.9. The minimum absolute atomic E-state index is 0.536. The SMILES string of the molecule is C=COCCOCCc1cncc(CCOCCOC=C)c1. The molecule has 22 heavy (non-hydrogen) atoms. The highest BCUT2D eigenvalue weighted by Gasteiger charge is 1.99. The van der Waals surface area contributed by atoms with E-state index in [1.165, 1.54) is 12.5 Å². The molecule has 0 aliphatic rings. The Hall–Kier alpha value is -1.85. The number of nitrogens with zero attached hydrogens (tertiary/aromatic N) is 1. The van der Waals surface area contributed by atoms with Crippen molar-refractivity contribution in [2.75, 3.05) is 39.6 Å². The molecule has 0 bridgehead atoms. The van der Waals surface area contributed by atoms with Crippen LogP contribution in [0.15, 0.2) is 44.1 Å². The van der Waals surface area contributed by atoms with Gasteiger partial charge in [0.05, 0.1) is 39.0 Å². The highest BCUT2D eigenvalue weighted by Crippen LogP contribution is 2.05. The molecule has 0 atom stereocenters. The number of aromatic nitrogens is 1. The summed E-state index contributed by atoms with van der Waals surface area (Å²) in [6.07, 6.45) is 8.24. The van der Waals surface area contributed by atoms with Gasteiger partial charge in [0.15, 0.2) is 0 Å². The number of ether oxygens (including phenoxy) is 4. The van der Waals surface area contributed by atoms with Crippen molar-refractivity contribution in [2.45, 2.75) is 12.8 Å². The van der Waals surface area contributed by atoms with Gasteiger partial charge in [-0.1, -0.05) is 19.2 Å². The lowest BCUT2D eigenvalue weighted by Gasteiger charge is -2.07. The van der Waals surface area contributed by atoms with Gasteiger partial charge in [0.1, 0.15) is 13.2 Å². The molecule has 0 fully saturated rings. The van der Waals surface area contributed by atoms with Crippen LogP contribution in [-0.2, 0) is 31.8 Å². The molecule has 1 aromatic rings. The molecule has 5 nitrogen and oxygen atoms in total. The van der Waals surface area contributed by atoms with Crippen molar-refractivity contribution < 1.29 is 18.9 Å². The van der Waals surface area contributed by atoms with Crippen LogP contribution in [0.3, 0.4) is 0 Å². The van der Waals surface area contributed by atoms with Crippen molar-refractivity contribution in [3.8, 4) is 0 Å². The van der Waals surface area contributed by atoms with Crippen molar-refractivity contribution in [3.63, 3.8) is 0 Å². The smallest absolute Gasteiger partial charge is 0.111 e. The molecule has 0 aromatic carbocycles. The molecule has 0 unspecified atom stereocenters. The zero-order valence-electron chi connectivity index (χ0n) is 13.0. The lowest BCUT2D eigenvalue weighted by molar-refractivity contribution is 0.0864. The minimum Gasteiger partial charge on any atom is -0.499 e. The fourth-order valence-corrected chi connectivity index (χ4v) is 1.78. The van der Waals surface area contributed by atoms with Gasteiger partial charge >= 0.3 is 0 Å². The number of rotatable bonds is 14. The average Bonchev–Trinajstić information content (AvgIpc) is 2.54. The van der Waals surface area contributed by atoms with Gasteiger partial charge < -0.3 is 18.9 Å². The van der Waals surface area contributed by atoms with Crippen LogP contribution < -0.4 is 0 Å². The summed E-state index contributed by atoms with van der Waals surface area (Å²) >= 11 is 0. The summed E-state index contributed by atoms with van der Waals surface area (Å²) in [6.45, 7) is 10.5. The van der Waals surface area contributed by atoms with E-state index in [1.54, 1.807) is 0 Å². The van der Waals surface area contributed by atoms with E-state index in [0.29, 0.717) is 39.6 Å². The Morgan fingerprint density at radius 2 is 1.27 bits per heavy atom. The van der Waals surface area contributed by atoms with Gasteiger partial charge in [-0.3, -0.25) is 4.98 Å². The Morgan fingerprint density at radius 1 is 0.773 bits per heavy atom. The van der Waals surface area contributed by atoms with Gasteiger partial charge in [-0.2, -0.15) is 0 Å². The third-order valence-electron chi connectivity index (χ3n) is 2.85. The highest BCUT2D eigenvalue weighted by atomic mass is 16.5. The molecular weight excluding hydrogens is 282 g/mol. The van der Waals surface area contributed by atoms with Crippen LogP contribution in [0, 0.1) is 0 Å². The van der Waals surface area contributed by atoms with Gasteiger partial charge in [-0.25, -0.2) is 0 Å². The summed E-state index contributed by atoms with van der Waals surface area (Å²) in [7, 11) is 0. The van der Waals surface area contributed by atoms with Crippen LogP contribution in [0.5, 0.6) is 0 Å². The lowest BCUT2D eigenvalue weighted by atomic mass is 10.1. The van der Waals surface area contributed by atoms with Gasteiger partial charge in [0, 0.05) is 12.4 Å². The number of hydrogen-bond donors (Lipinski definition) is 0. The van der Waals surface area contributed by atoms with Crippen LogP contribution in [0.1, 0.15) is 11.1 Å². The Balaban J connectivity index is 2.15. The number of hydrogen-bond acceptors (Lipinski definition) is 5. The molecule has 0 radical (unpaired) electrons. The second-order valence-corrected chi connectivity index (χ2v) is 4.50. The van der Waals surface area contributed by atoms with E-state index in [2.05, 4.69) is 24.2 Å². The van der Waals surface area contributed by atoms with E-state index in [1.807, 2.05) is 12.4 Å². The fourth-order valence-electron chi connectivity index (χ4n) is 1.78. The summed E-state index contributed by atoms with van der Waals surface area (Å²) in [5.74, 6) is 0. The molecule has 0 amide bonds. The Labute approximate surface area is 132 Å². The van der Waals surface area contributed by atoms with E-state index >= 15 is 0 Å².